The molecule has 1 aromatic carbocycles. The van der Waals surface area contributed by atoms with Crippen molar-refractivity contribution in [2.24, 2.45) is 7.05 Å². The summed E-state index contributed by atoms with van der Waals surface area (Å²) in [6.07, 6.45) is -3.21. The lowest BCUT2D eigenvalue weighted by Crippen LogP contribution is -2.17. The van der Waals surface area contributed by atoms with Crippen LogP contribution >= 0.6 is 0 Å². The third-order valence-corrected chi connectivity index (χ3v) is 4.66. The molecule has 9 heteroatoms. The van der Waals surface area contributed by atoms with Crippen LogP contribution in [0.2, 0.25) is 0 Å². The summed E-state index contributed by atoms with van der Waals surface area (Å²) >= 11 is 0. The van der Waals surface area contributed by atoms with E-state index >= 15 is 0 Å². The fraction of sp³-hybridized carbons (Fsp3) is 0.385. The van der Waals surface area contributed by atoms with Crippen LogP contribution in [0.1, 0.15) is 23.6 Å². The normalized spacial score (nSPS) is 14.6. The average Bonchev–Trinajstić information content (AvgIpc) is 2.82. The number of halogens is 3. The highest BCUT2D eigenvalue weighted by molar-refractivity contribution is 7.84. The molecule has 0 saturated heterocycles. The minimum absolute atomic E-state index is 0.221. The predicted molar refractivity (Wildman–Crippen MR) is 74.4 cm³/mol. The first-order valence-electron chi connectivity index (χ1n) is 6.32. The minimum Gasteiger partial charge on any atom is -0.406 e. The molecule has 2 atom stereocenters. The Balaban J connectivity index is 2.04. The Kier molecular flexibility index (Phi) is 4.84. The van der Waals surface area contributed by atoms with Crippen LogP contribution in [0.15, 0.2) is 30.6 Å². The van der Waals surface area contributed by atoms with Gasteiger partial charge in [-0.1, -0.05) is 12.1 Å². The molecule has 0 spiro atoms. The van der Waals surface area contributed by atoms with Crippen LogP contribution in [0, 0.1) is 0 Å². The maximum Gasteiger partial charge on any atom is 0.573 e. The van der Waals surface area contributed by atoms with Gasteiger partial charge in [0.15, 0.2) is 0 Å². The van der Waals surface area contributed by atoms with Gasteiger partial charge in [-0.15, -0.1) is 23.4 Å². The maximum absolute atomic E-state index is 12.3. The van der Waals surface area contributed by atoms with Gasteiger partial charge < -0.3 is 9.30 Å². The Morgan fingerprint density at radius 2 is 1.95 bits per heavy atom. The standard InChI is InChI=1S/C13H14F3N3O2S/c1-9(22(20)7-12-18-17-8-19(12)2)10-3-5-11(6-4-10)21-13(14,15)16/h3-6,8-9H,7H2,1-2H3/t9-,22+/m1/s1. The monoisotopic (exact) mass is 333 g/mol. The van der Waals surface area contributed by atoms with Crippen molar-refractivity contribution in [3.63, 3.8) is 0 Å². The predicted octanol–water partition coefficient (Wildman–Crippen LogP) is 2.72. The highest BCUT2D eigenvalue weighted by atomic mass is 32.2. The van der Waals surface area contributed by atoms with Gasteiger partial charge >= 0.3 is 6.36 Å². The zero-order valence-electron chi connectivity index (χ0n) is 11.9. The van der Waals surface area contributed by atoms with Gasteiger partial charge in [0, 0.05) is 17.8 Å². The third-order valence-electron chi connectivity index (χ3n) is 3.05. The van der Waals surface area contributed by atoms with Crippen molar-refractivity contribution < 1.29 is 22.1 Å². The molecule has 1 aromatic heterocycles. The number of nitrogens with zero attached hydrogens (tertiary/aromatic N) is 3. The number of hydrogen-bond acceptors (Lipinski definition) is 4. The molecular formula is C13H14F3N3O2S. The molecule has 0 saturated carbocycles. The number of aryl methyl sites for hydroxylation is 1. The summed E-state index contributed by atoms with van der Waals surface area (Å²) in [5.41, 5.74) is 0.662. The molecule has 22 heavy (non-hydrogen) atoms. The van der Waals surface area contributed by atoms with E-state index in [2.05, 4.69) is 14.9 Å². The van der Waals surface area contributed by atoms with E-state index in [-0.39, 0.29) is 16.8 Å². The lowest BCUT2D eigenvalue weighted by atomic mass is 10.2. The van der Waals surface area contributed by atoms with E-state index in [1.54, 1.807) is 18.5 Å². The van der Waals surface area contributed by atoms with Gasteiger partial charge in [0.1, 0.15) is 17.9 Å². The summed E-state index contributed by atoms with van der Waals surface area (Å²) < 4.78 is 54.0. The lowest BCUT2D eigenvalue weighted by Gasteiger charge is -2.13. The smallest absolute Gasteiger partial charge is 0.406 e. The van der Waals surface area contributed by atoms with Gasteiger partial charge in [-0.25, -0.2) is 0 Å². The zero-order valence-corrected chi connectivity index (χ0v) is 12.7. The molecule has 2 aromatic rings. The Morgan fingerprint density at radius 3 is 2.45 bits per heavy atom. The van der Waals surface area contributed by atoms with Crippen LogP contribution in [0.3, 0.4) is 0 Å². The molecule has 1 heterocycles. The first-order valence-corrected chi connectivity index (χ1v) is 7.70. The molecule has 0 radical (unpaired) electrons. The van der Waals surface area contributed by atoms with Crippen molar-refractivity contribution in [1.29, 1.82) is 0 Å². The third kappa shape index (κ3) is 4.30. The number of benzene rings is 1. The molecule has 2 rings (SSSR count). The number of alkyl halides is 3. The highest BCUT2D eigenvalue weighted by Gasteiger charge is 2.31. The Bertz CT molecular complexity index is 655. The summed E-state index contributed by atoms with van der Waals surface area (Å²) in [7, 11) is 0.483. The van der Waals surface area contributed by atoms with Crippen LogP contribution in [0.5, 0.6) is 5.75 Å². The molecule has 0 aliphatic heterocycles. The number of rotatable bonds is 5. The van der Waals surface area contributed by atoms with E-state index < -0.39 is 17.2 Å². The van der Waals surface area contributed by atoms with Crippen molar-refractivity contribution in [3.8, 4) is 5.75 Å². The van der Waals surface area contributed by atoms with Gasteiger partial charge in [-0.3, -0.25) is 4.21 Å². The molecule has 0 bridgehead atoms. The minimum atomic E-state index is -4.72. The zero-order chi connectivity index (χ0) is 16.3. The molecule has 0 aliphatic carbocycles. The van der Waals surface area contributed by atoms with E-state index in [0.29, 0.717) is 11.4 Å². The molecule has 120 valence electrons. The fourth-order valence-electron chi connectivity index (χ4n) is 1.78. The summed E-state index contributed by atoms with van der Waals surface area (Å²) in [4.78, 5) is 0. The Hall–Kier alpha value is -1.90. The number of hydrogen-bond donors (Lipinski definition) is 0. The van der Waals surface area contributed by atoms with Crippen molar-refractivity contribution in [2.45, 2.75) is 24.3 Å². The second-order valence-corrected chi connectivity index (χ2v) is 6.40. The molecule has 0 aliphatic rings. The number of aromatic nitrogens is 3. The SMILES string of the molecule is C[C@H](c1ccc(OC(F)(F)F)cc1)[S@@](=O)Cc1nncn1C. The van der Waals surface area contributed by atoms with E-state index in [1.165, 1.54) is 30.6 Å². The second-order valence-electron chi connectivity index (χ2n) is 4.64. The topological polar surface area (TPSA) is 57.0 Å². The van der Waals surface area contributed by atoms with Crippen molar-refractivity contribution >= 4 is 10.8 Å². The second kappa shape index (κ2) is 6.47. The Labute approximate surface area is 127 Å². The molecule has 0 N–H and O–H groups in total. The molecule has 0 unspecified atom stereocenters. The Morgan fingerprint density at radius 1 is 1.32 bits per heavy atom. The van der Waals surface area contributed by atoms with Gasteiger partial charge in [0.2, 0.25) is 0 Å². The lowest BCUT2D eigenvalue weighted by molar-refractivity contribution is -0.274. The van der Waals surface area contributed by atoms with Gasteiger partial charge in [-0.05, 0) is 24.6 Å². The highest BCUT2D eigenvalue weighted by Crippen LogP contribution is 2.26. The van der Waals surface area contributed by atoms with Crippen molar-refractivity contribution in [1.82, 2.24) is 14.8 Å². The number of ether oxygens (including phenoxy) is 1. The van der Waals surface area contributed by atoms with Crippen molar-refractivity contribution in [3.05, 3.63) is 42.0 Å². The first kappa shape index (κ1) is 16.5. The van der Waals surface area contributed by atoms with Crippen LogP contribution in [0.25, 0.3) is 0 Å². The van der Waals surface area contributed by atoms with E-state index in [1.807, 2.05) is 0 Å². The maximum atomic E-state index is 12.3. The summed E-state index contributed by atoms with van der Waals surface area (Å²) in [6.45, 7) is 1.74. The van der Waals surface area contributed by atoms with E-state index in [9.17, 15) is 17.4 Å². The summed E-state index contributed by atoms with van der Waals surface area (Å²) in [5.74, 6) is 0.503. The van der Waals surface area contributed by atoms with Crippen LogP contribution < -0.4 is 4.74 Å². The van der Waals surface area contributed by atoms with E-state index in [0.717, 1.165) is 0 Å². The molecular weight excluding hydrogens is 319 g/mol. The van der Waals surface area contributed by atoms with Gasteiger partial charge in [-0.2, -0.15) is 0 Å². The summed E-state index contributed by atoms with van der Waals surface area (Å²) in [5, 5.41) is 7.22. The average molecular weight is 333 g/mol. The van der Waals surface area contributed by atoms with Gasteiger partial charge in [0.05, 0.1) is 11.0 Å². The summed E-state index contributed by atoms with van der Waals surface area (Å²) in [6, 6.07) is 5.36. The van der Waals surface area contributed by atoms with E-state index in [4.69, 9.17) is 0 Å². The molecule has 5 nitrogen and oxygen atoms in total. The van der Waals surface area contributed by atoms with Gasteiger partial charge in [0.25, 0.3) is 0 Å². The van der Waals surface area contributed by atoms with Crippen LogP contribution in [-0.4, -0.2) is 25.3 Å². The fourth-order valence-corrected chi connectivity index (χ4v) is 3.01. The largest absolute Gasteiger partial charge is 0.573 e. The van der Waals surface area contributed by atoms with Crippen LogP contribution in [0.4, 0.5) is 13.2 Å². The quantitative estimate of drug-likeness (QED) is 0.844. The molecule has 0 fully saturated rings. The first-order chi connectivity index (χ1) is 10.3. The van der Waals surface area contributed by atoms with Crippen LogP contribution in [-0.2, 0) is 23.6 Å². The van der Waals surface area contributed by atoms with Crippen molar-refractivity contribution in [2.75, 3.05) is 0 Å². The molecule has 0 amide bonds.